The van der Waals surface area contributed by atoms with Crippen LogP contribution in [0.2, 0.25) is 5.02 Å². The zero-order valence-corrected chi connectivity index (χ0v) is 16.8. The van der Waals surface area contributed by atoms with E-state index in [1.807, 2.05) is 13.8 Å². The third kappa shape index (κ3) is 4.72. The summed E-state index contributed by atoms with van der Waals surface area (Å²) in [6, 6.07) is 3.41. The minimum atomic E-state index is -0.341. The first-order chi connectivity index (χ1) is 12.4. The summed E-state index contributed by atoms with van der Waals surface area (Å²) in [5.74, 6) is 0.601. The summed E-state index contributed by atoms with van der Waals surface area (Å²) in [5, 5.41) is 0.0718. The number of methoxy groups -OCH3 is 2. The average molecular weight is 400 g/mol. The van der Waals surface area contributed by atoms with Crippen molar-refractivity contribution in [3.8, 4) is 11.5 Å². The first-order valence-corrected chi connectivity index (χ1v) is 9.39. The molecular weight excluding hydrogens is 378 g/mol. The van der Waals surface area contributed by atoms with Gasteiger partial charge in [-0.05, 0) is 48.9 Å². The predicted molar refractivity (Wildman–Crippen MR) is 103 cm³/mol. The lowest BCUT2D eigenvalue weighted by Gasteiger charge is -2.17. The number of thioether (sulfide) groups is 1. The van der Waals surface area contributed by atoms with Gasteiger partial charge >= 0.3 is 0 Å². The van der Waals surface area contributed by atoms with Gasteiger partial charge in [0.05, 0.1) is 36.3 Å². The van der Waals surface area contributed by atoms with Gasteiger partial charge in [-0.1, -0.05) is 18.5 Å². The van der Waals surface area contributed by atoms with Crippen molar-refractivity contribution in [2.45, 2.75) is 26.4 Å². The molecule has 0 aromatic heterocycles. The second kappa shape index (κ2) is 9.30. The molecule has 1 atom stereocenters. The molecule has 0 saturated carbocycles. The zero-order valence-electron chi connectivity index (χ0n) is 15.2. The van der Waals surface area contributed by atoms with Crippen LogP contribution in [0.4, 0.5) is 4.79 Å². The number of carbonyl (C=O) groups is 2. The van der Waals surface area contributed by atoms with Crippen LogP contribution in [0.5, 0.6) is 11.5 Å². The molecule has 0 N–H and O–H groups in total. The number of hydrogen-bond acceptors (Lipinski definition) is 6. The SMILES string of the molecule is CC[C@H](C)Oc1c(Cl)cc(/C=C2/SC(=O)N(CCOC)C2=O)cc1OC. The van der Waals surface area contributed by atoms with Crippen molar-refractivity contribution >= 4 is 40.6 Å². The normalized spacial score (nSPS) is 17.1. The highest BCUT2D eigenvalue weighted by molar-refractivity contribution is 8.18. The van der Waals surface area contributed by atoms with Crippen molar-refractivity contribution in [3.63, 3.8) is 0 Å². The largest absolute Gasteiger partial charge is 0.493 e. The summed E-state index contributed by atoms with van der Waals surface area (Å²) < 4.78 is 16.1. The van der Waals surface area contributed by atoms with Gasteiger partial charge in [-0.25, -0.2) is 0 Å². The minimum absolute atomic E-state index is 0.00969. The Morgan fingerprint density at radius 1 is 1.31 bits per heavy atom. The maximum absolute atomic E-state index is 12.4. The van der Waals surface area contributed by atoms with E-state index in [2.05, 4.69) is 0 Å². The molecule has 0 unspecified atom stereocenters. The van der Waals surface area contributed by atoms with Gasteiger partial charge < -0.3 is 14.2 Å². The maximum Gasteiger partial charge on any atom is 0.293 e. The van der Waals surface area contributed by atoms with E-state index in [1.165, 1.54) is 19.1 Å². The van der Waals surface area contributed by atoms with Gasteiger partial charge in [-0.15, -0.1) is 0 Å². The lowest BCUT2D eigenvalue weighted by atomic mass is 10.1. The van der Waals surface area contributed by atoms with Gasteiger partial charge in [0.15, 0.2) is 11.5 Å². The van der Waals surface area contributed by atoms with Crippen molar-refractivity contribution in [2.75, 3.05) is 27.4 Å². The van der Waals surface area contributed by atoms with Gasteiger partial charge in [0.1, 0.15) is 0 Å². The molecule has 1 aliphatic rings. The van der Waals surface area contributed by atoms with Crippen LogP contribution in [-0.4, -0.2) is 49.5 Å². The van der Waals surface area contributed by atoms with Gasteiger partial charge in [0.25, 0.3) is 11.1 Å². The van der Waals surface area contributed by atoms with E-state index in [0.29, 0.717) is 33.6 Å². The molecule has 1 aliphatic heterocycles. The van der Waals surface area contributed by atoms with Crippen LogP contribution in [0.15, 0.2) is 17.0 Å². The van der Waals surface area contributed by atoms with E-state index in [1.54, 1.807) is 18.2 Å². The molecule has 0 bridgehead atoms. The van der Waals surface area contributed by atoms with Crippen molar-refractivity contribution in [1.29, 1.82) is 0 Å². The van der Waals surface area contributed by atoms with Crippen molar-refractivity contribution in [2.24, 2.45) is 0 Å². The number of hydrogen-bond donors (Lipinski definition) is 0. The van der Waals surface area contributed by atoms with Crippen LogP contribution in [0.25, 0.3) is 6.08 Å². The number of imide groups is 1. The van der Waals surface area contributed by atoms with Crippen LogP contribution in [-0.2, 0) is 9.53 Å². The third-order valence-electron chi connectivity index (χ3n) is 3.84. The van der Waals surface area contributed by atoms with Crippen LogP contribution in [0.3, 0.4) is 0 Å². The fourth-order valence-electron chi connectivity index (χ4n) is 2.25. The molecule has 1 aromatic rings. The first-order valence-electron chi connectivity index (χ1n) is 8.19. The number of halogens is 1. The molecule has 0 aliphatic carbocycles. The Bertz CT molecular complexity index is 722. The quantitative estimate of drug-likeness (QED) is 0.610. The number of rotatable bonds is 8. The fourth-order valence-corrected chi connectivity index (χ4v) is 3.38. The summed E-state index contributed by atoms with van der Waals surface area (Å²) in [7, 11) is 3.05. The molecule has 1 aromatic carbocycles. The molecule has 8 heteroatoms. The molecule has 2 rings (SSSR count). The summed E-state index contributed by atoms with van der Waals surface area (Å²) >= 11 is 7.23. The Hall–Kier alpha value is -1.70. The van der Waals surface area contributed by atoms with E-state index in [9.17, 15) is 9.59 Å². The molecule has 6 nitrogen and oxygen atoms in total. The fraction of sp³-hybridized carbons (Fsp3) is 0.444. The van der Waals surface area contributed by atoms with Crippen LogP contribution in [0, 0.1) is 0 Å². The number of ether oxygens (including phenoxy) is 3. The number of benzene rings is 1. The minimum Gasteiger partial charge on any atom is -0.493 e. The van der Waals surface area contributed by atoms with Crippen LogP contribution in [0.1, 0.15) is 25.8 Å². The second-order valence-corrected chi connectivity index (χ2v) is 7.10. The lowest BCUT2D eigenvalue weighted by molar-refractivity contribution is -0.123. The molecular formula is C18H22ClNO5S. The van der Waals surface area contributed by atoms with Crippen LogP contribution >= 0.6 is 23.4 Å². The molecule has 2 amide bonds. The van der Waals surface area contributed by atoms with Gasteiger partial charge in [0.2, 0.25) is 0 Å². The Morgan fingerprint density at radius 3 is 2.65 bits per heavy atom. The first kappa shape index (κ1) is 20.6. The monoisotopic (exact) mass is 399 g/mol. The maximum atomic E-state index is 12.4. The Labute approximate surface area is 162 Å². The van der Waals surface area contributed by atoms with Crippen molar-refractivity contribution in [3.05, 3.63) is 27.6 Å². The van der Waals surface area contributed by atoms with E-state index >= 15 is 0 Å². The van der Waals surface area contributed by atoms with Crippen LogP contribution < -0.4 is 9.47 Å². The Kier molecular flexibility index (Phi) is 7.37. The summed E-state index contributed by atoms with van der Waals surface area (Å²) in [6.45, 7) is 4.48. The lowest BCUT2D eigenvalue weighted by Crippen LogP contribution is -2.31. The Morgan fingerprint density at radius 2 is 2.04 bits per heavy atom. The summed E-state index contributed by atoms with van der Waals surface area (Å²) in [4.78, 5) is 25.9. The van der Waals surface area contributed by atoms with Crippen molar-refractivity contribution < 1.29 is 23.8 Å². The van der Waals surface area contributed by atoms with Crippen molar-refractivity contribution in [1.82, 2.24) is 4.90 Å². The average Bonchev–Trinajstić information content (AvgIpc) is 2.88. The highest BCUT2D eigenvalue weighted by Crippen LogP contribution is 2.39. The van der Waals surface area contributed by atoms with Gasteiger partial charge in [0, 0.05) is 7.11 Å². The zero-order chi connectivity index (χ0) is 19.3. The summed E-state index contributed by atoms with van der Waals surface area (Å²) in [6.07, 6.45) is 2.44. The topological polar surface area (TPSA) is 65.1 Å². The molecule has 1 saturated heterocycles. The molecule has 142 valence electrons. The van der Waals surface area contributed by atoms with Gasteiger partial charge in [-0.2, -0.15) is 0 Å². The molecule has 26 heavy (non-hydrogen) atoms. The smallest absolute Gasteiger partial charge is 0.293 e. The molecule has 1 heterocycles. The highest BCUT2D eigenvalue weighted by Gasteiger charge is 2.34. The van der Waals surface area contributed by atoms with E-state index in [-0.39, 0.29) is 23.8 Å². The number of amides is 2. The predicted octanol–water partition coefficient (Wildman–Crippen LogP) is 4.21. The highest BCUT2D eigenvalue weighted by atomic mass is 35.5. The Balaban J connectivity index is 2.29. The summed E-state index contributed by atoms with van der Waals surface area (Å²) in [5.41, 5.74) is 0.653. The standard InChI is InChI=1S/C18H22ClNO5S/c1-5-11(2)25-16-13(19)8-12(9-14(16)24-4)10-15-17(21)20(6-7-23-3)18(22)26-15/h8-11H,5-7H2,1-4H3/b15-10+/t11-/m0/s1. The van der Waals surface area contributed by atoms with E-state index in [4.69, 9.17) is 25.8 Å². The number of carbonyl (C=O) groups excluding carboxylic acids is 2. The van der Waals surface area contributed by atoms with Gasteiger partial charge in [-0.3, -0.25) is 14.5 Å². The van der Waals surface area contributed by atoms with E-state index in [0.717, 1.165) is 18.2 Å². The number of nitrogens with zero attached hydrogens (tertiary/aromatic N) is 1. The molecule has 1 fully saturated rings. The third-order valence-corrected chi connectivity index (χ3v) is 5.02. The molecule has 0 spiro atoms. The second-order valence-electron chi connectivity index (χ2n) is 5.70. The van der Waals surface area contributed by atoms with E-state index < -0.39 is 0 Å². The molecule has 0 radical (unpaired) electrons.